The molecule has 0 fully saturated rings. The van der Waals surface area contributed by atoms with Crippen molar-refractivity contribution in [3.8, 4) is 0 Å². The van der Waals surface area contributed by atoms with E-state index in [2.05, 4.69) is 10.3 Å². The number of rotatable bonds is 1. The molecule has 12 heavy (non-hydrogen) atoms. The van der Waals surface area contributed by atoms with Gasteiger partial charge in [0.15, 0.2) is 0 Å². The molecule has 1 N–H and O–H groups in total. The number of dihydropyridines is 1. The van der Waals surface area contributed by atoms with Crippen LogP contribution < -0.4 is 5.32 Å². The van der Waals surface area contributed by atoms with Gasteiger partial charge in [0.25, 0.3) is 0 Å². The summed E-state index contributed by atoms with van der Waals surface area (Å²) in [7, 11) is 0. The van der Waals surface area contributed by atoms with E-state index in [1.165, 1.54) is 0 Å². The Balaban J connectivity index is 2.80. The zero-order valence-electron chi connectivity index (χ0n) is 6.51. The van der Waals surface area contributed by atoms with Crippen LogP contribution in [0.3, 0.4) is 0 Å². The minimum Gasteiger partial charge on any atom is -0.345 e. The molecule has 0 spiro atoms. The minimum atomic E-state index is 0.500. The van der Waals surface area contributed by atoms with Gasteiger partial charge in [-0.15, -0.1) is 0 Å². The molecule has 0 radical (unpaired) electrons. The molecule has 1 aliphatic rings. The first-order valence-corrected chi connectivity index (χ1v) is 4.17. The van der Waals surface area contributed by atoms with Crippen molar-refractivity contribution in [3.05, 3.63) is 34.2 Å². The molecule has 0 bridgehead atoms. The van der Waals surface area contributed by atoms with E-state index in [0.29, 0.717) is 10.2 Å². The molecule has 1 heterocycles. The molecule has 0 aromatic rings. The summed E-state index contributed by atoms with van der Waals surface area (Å²) in [5.74, 6) is 0. The first-order chi connectivity index (χ1) is 5.72. The van der Waals surface area contributed by atoms with Crippen molar-refractivity contribution in [3.63, 3.8) is 0 Å². The third-order valence-electron chi connectivity index (χ3n) is 1.18. The van der Waals surface area contributed by atoms with Crippen molar-refractivity contribution in [1.82, 2.24) is 5.32 Å². The molecule has 0 amide bonds. The summed E-state index contributed by atoms with van der Waals surface area (Å²) in [6, 6.07) is 0. The van der Waals surface area contributed by atoms with Crippen LogP contribution in [-0.2, 0) is 0 Å². The Morgan fingerprint density at radius 2 is 2.17 bits per heavy atom. The molecule has 0 aromatic heterocycles. The summed E-state index contributed by atoms with van der Waals surface area (Å²) in [4.78, 5) is 3.93. The van der Waals surface area contributed by atoms with Crippen LogP contribution in [0.5, 0.6) is 0 Å². The van der Waals surface area contributed by atoms with Crippen molar-refractivity contribution in [2.24, 2.45) is 4.99 Å². The van der Waals surface area contributed by atoms with Gasteiger partial charge in [0, 0.05) is 17.4 Å². The molecular formula is C8H8Cl2N2. The monoisotopic (exact) mass is 202 g/mol. The molecule has 1 rings (SSSR count). The SMILES string of the molecule is C/C=N\C=C1\C=C(Cl)C=C(Cl)N1. The Bertz CT molecular complexity index is 287. The minimum absolute atomic E-state index is 0.500. The lowest BCUT2D eigenvalue weighted by Crippen LogP contribution is -2.10. The highest BCUT2D eigenvalue weighted by Gasteiger charge is 2.03. The largest absolute Gasteiger partial charge is 0.345 e. The Morgan fingerprint density at radius 1 is 1.42 bits per heavy atom. The van der Waals surface area contributed by atoms with Gasteiger partial charge in [-0.05, 0) is 19.1 Å². The van der Waals surface area contributed by atoms with Gasteiger partial charge in [-0.3, -0.25) is 4.99 Å². The Morgan fingerprint density at radius 3 is 2.75 bits per heavy atom. The molecule has 0 unspecified atom stereocenters. The summed E-state index contributed by atoms with van der Waals surface area (Å²) in [6.45, 7) is 1.84. The predicted molar refractivity (Wildman–Crippen MR) is 53.3 cm³/mol. The zero-order valence-corrected chi connectivity index (χ0v) is 8.02. The maximum Gasteiger partial charge on any atom is 0.108 e. The molecule has 4 heteroatoms. The fourth-order valence-corrected chi connectivity index (χ4v) is 1.25. The number of nitrogens with one attached hydrogen (secondary N) is 1. The average molecular weight is 203 g/mol. The molecule has 0 saturated heterocycles. The van der Waals surface area contributed by atoms with Crippen LogP contribution >= 0.6 is 23.2 Å². The van der Waals surface area contributed by atoms with E-state index in [-0.39, 0.29) is 0 Å². The second kappa shape index (κ2) is 4.33. The summed E-state index contributed by atoms with van der Waals surface area (Å²) in [5, 5.41) is 3.99. The molecule has 2 nitrogen and oxygen atoms in total. The van der Waals surface area contributed by atoms with E-state index < -0.39 is 0 Å². The standard InChI is InChI=1S/C8H8Cl2N2/c1-2-11-5-7-3-6(9)4-8(10)12-7/h2-5,12H,1H3/b7-5-,11-2-. The number of hydrogen-bond donors (Lipinski definition) is 1. The van der Waals surface area contributed by atoms with E-state index in [9.17, 15) is 0 Å². The highest BCUT2D eigenvalue weighted by atomic mass is 35.5. The van der Waals surface area contributed by atoms with Crippen LogP contribution in [0.2, 0.25) is 0 Å². The van der Waals surface area contributed by atoms with Crippen molar-refractivity contribution < 1.29 is 0 Å². The topological polar surface area (TPSA) is 24.4 Å². The number of nitrogens with zero attached hydrogens (tertiary/aromatic N) is 1. The van der Waals surface area contributed by atoms with Gasteiger partial charge < -0.3 is 5.32 Å². The van der Waals surface area contributed by atoms with E-state index >= 15 is 0 Å². The zero-order chi connectivity index (χ0) is 8.97. The van der Waals surface area contributed by atoms with Crippen LogP contribution in [-0.4, -0.2) is 6.21 Å². The second-order valence-corrected chi connectivity index (χ2v) is 2.98. The summed E-state index contributed by atoms with van der Waals surface area (Å²) < 4.78 is 0. The van der Waals surface area contributed by atoms with Gasteiger partial charge in [0.2, 0.25) is 0 Å². The summed E-state index contributed by atoms with van der Waals surface area (Å²) >= 11 is 11.5. The molecular weight excluding hydrogens is 195 g/mol. The summed E-state index contributed by atoms with van der Waals surface area (Å²) in [5.41, 5.74) is 0.783. The fourth-order valence-electron chi connectivity index (χ4n) is 0.746. The van der Waals surface area contributed by atoms with Gasteiger partial charge >= 0.3 is 0 Å². The van der Waals surface area contributed by atoms with Gasteiger partial charge in [-0.25, -0.2) is 0 Å². The quantitative estimate of drug-likeness (QED) is 0.514. The van der Waals surface area contributed by atoms with Gasteiger partial charge in [-0.1, -0.05) is 23.2 Å². The van der Waals surface area contributed by atoms with Crippen LogP contribution in [0.1, 0.15) is 6.92 Å². The van der Waals surface area contributed by atoms with Crippen LogP contribution in [0.25, 0.3) is 0 Å². The molecule has 0 aliphatic carbocycles. The molecule has 0 saturated carbocycles. The highest BCUT2D eigenvalue weighted by Crippen LogP contribution is 2.17. The van der Waals surface area contributed by atoms with Crippen molar-refractivity contribution in [1.29, 1.82) is 0 Å². The number of aliphatic imine (C=N–C) groups is 1. The maximum atomic E-state index is 5.75. The van der Waals surface area contributed by atoms with Crippen molar-refractivity contribution in [2.75, 3.05) is 0 Å². The molecule has 0 atom stereocenters. The first kappa shape index (κ1) is 9.36. The smallest absolute Gasteiger partial charge is 0.108 e. The lowest BCUT2D eigenvalue weighted by atomic mass is 10.3. The summed E-state index contributed by atoms with van der Waals surface area (Å²) in [6.07, 6.45) is 6.72. The number of halogens is 2. The lowest BCUT2D eigenvalue weighted by molar-refractivity contribution is 1.05. The van der Waals surface area contributed by atoms with Crippen molar-refractivity contribution >= 4 is 29.4 Å². The Labute approximate surface area is 81.3 Å². The van der Waals surface area contributed by atoms with E-state index in [4.69, 9.17) is 23.2 Å². The first-order valence-electron chi connectivity index (χ1n) is 3.42. The fraction of sp³-hybridized carbons (Fsp3) is 0.125. The lowest BCUT2D eigenvalue weighted by Gasteiger charge is -2.09. The molecule has 0 aromatic carbocycles. The van der Waals surface area contributed by atoms with Crippen molar-refractivity contribution in [2.45, 2.75) is 6.92 Å². The van der Waals surface area contributed by atoms with E-state index in [0.717, 1.165) is 5.70 Å². The third-order valence-corrected chi connectivity index (χ3v) is 1.61. The molecule has 1 aliphatic heterocycles. The Hall–Kier alpha value is -0.730. The van der Waals surface area contributed by atoms with Crippen LogP contribution in [0.15, 0.2) is 39.2 Å². The van der Waals surface area contributed by atoms with Gasteiger partial charge in [-0.2, -0.15) is 0 Å². The third kappa shape index (κ3) is 2.72. The molecule has 64 valence electrons. The Kier molecular flexibility index (Phi) is 3.38. The van der Waals surface area contributed by atoms with E-state index in [1.807, 2.05) is 6.92 Å². The predicted octanol–water partition coefficient (Wildman–Crippen LogP) is 2.72. The van der Waals surface area contributed by atoms with Crippen LogP contribution in [0.4, 0.5) is 0 Å². The van der Waals surface area contributed by atoms with Gasteiger partial charge in [0.05, 0.1) is 5.70 Å². The van der Waals surface area contributed by atoms with E-state index in [1.54, 1.807) is 24.6 Å². The van der Waals surface area contributed by atoms with Gasteiger partial charge in [0.1, 0.15) is 5.16 Å². The second-order valence-electron chi connectivity index (χ2n) is 2.14. The normalized spacial score (nSPS) is 20.8. The van der Waals surface area contributed by atoms with Crippen LogP contribution in [0, 0.1) is 0 Å². The highest BCUT2D eigenvalue weighted by molar-refractivity contribution is 6.35. The number of allylic oxidation sites excluding steroid dienone is 3. The maximum absolute atomic E-state index is 5.75. The number of hydrogen-bond acceptors (Lipinski definition) is 2. The average Bonchev–Trinajstić information content (AvgIpc) is 1.99.